The molecule has 3 N–H and O–H groups in total. The minimum Gasteiger partial charge on any atom is -0.494 e. The molecule has 4 aromatic rings. The van der Waals surface area contributed by atoms with Gasteiger partial charge in [0.25, 0.3) is 5.91 Å². The van der Waals surface area contributed by atoms with E-state index < -0.39 is 11.6 Å². The number of carbonyl (C=O) groups excluding carboxylic acids is 1. The zero-order valence-electron chi connectivity index (χ0n) is 23.2. The summed E-state index contributed by atoms with van der Waals surface area (Å²) in [5.41, 5.74) is 7.51. The van der Waals surface area contributed by atoms with Crippen LogP contribution in [-0.2, 0) is 22.4 Å². The number of carbonyl (C=O) groups is 1. The van der Waals surface area contributed by atoms with Crippen molar-refractivity contribution >= 4 is 11.8 Å². The molecule has 1 amide bonds. The Morgan fingerprint density at radius 3 is 2.33 bits per heavy atom. The Hall–Kier alpha value is -4.53. The van der Waals surface area contributed by atoms with Gasteiger partial charge >= 0.3 is 0 Å². The molecule has 4 aromatic carbocycles. The molecule has 0 radical (unpaired) electrons. The minimum absolute atomic E-state index is 0.0627. The third kappa shape index (κ3) is 6.84. The molecule has 0 aliphatic carbocycles. The van der Waals surface area contributed by atoms with Crippen LogP contribution in [0, 0.1) is 5.82 Å². The van der Waals surface area contributed by atoms with Gasteiger partial charge in [-0.05, 0) is 53.4 Å². The first kappa shape index (κ1) is 29.0. The lowest BCUT2D eigenvalue weighted by molar-refractivity contribution is -0.130. The lowest BCUT2D eigenvalue weighted by Gasteiger charge is -2.31. The summed E-state index contributed by atoms with van der Waals surface area (Å²) < 4.78 is 26.3. The maximum absolute atomic E-state index is 14.1. The fourth-order valence-corrected chi connectivity index (χ4v) is 4.97. The maximum atomic E-state index is 14.1. The van der Waals surface area contributed by atoms with E-state index in [2.05, 4.69) is 10.9 Å². The summed E-state index contributed by atoms with van der Waals surface area (Å²) in [5.74, 6) is 0.382. The molecule has 0 spiro atoms. The summed E-state index contributed by atoms with van der Waals surface area (Å²) >= 11 is 0. The number of halogens is 1. The van der Waals surface area contributed by atoms with Crippen LogP contribution in [0.25, 0.3) is 0 Å². The van der Waals surface area contributed by atoms with Gasteiger partial charge in [0.2, 0.25) is 5.90 Å². The van der Waals surface area contributed by atoms with Crippen molar-refractivity contribution in [1.82, 2.24) is 10.9 Å². The molecule has 2 atom stereocenters. The molecule has 8 heteroatoms. The van der Waals surface area contributed by atoms with Crippen molar-refractivity contribution in [2.75, 3.05) is 19.8 Å². The smallest absolute Gasteiger partial charge is 0.266 e. The summed E-state index contributed by atoms with van der Waals surface area (Å²) in [6, 6.07) is 33.2. The average Bonchev–Trinajstić information content (AvgIpc) is 3.42. The first-order valence-corrected chi connectivity index (χ1v) is 14.1. The first-order chi connectivity index (χ1) is 20.6. The highest BCUT2D eigenvalue weighted by atomic mass is 19.1. The number of amides is 1. The van der Waals surface area contributed by atoms with Gasteiger partial charge in [0.15, 0.2) is 11.6 Å². The number of hydrazine groups is 1. The highest BCUT2D eigenvalue weighted by molar-refractivity contribution is 6.01. The van der Waals surface area contributed by atoms with Crippen LogP contribution in [0.3, 0.4) is 0 Å². The van der Waals surface area contributed by atoms with E-state index in [1.165, 1.54) is 6.07 Å². The second-order valence-corrected chi connectivity index (χ2v) is 10.1. The average molecular weight is 568 g/mol. The van der Waals surface area contributed by atoms with Gasteiger partial charge in [-0.2, -0.15) is 0 Å². The summed E-state index contributed by atoms with van der Waals surface area (Å²) in [7, 11) is 0. The normalized spacial score (nSPS) is 17.8. The quantitative estimate of drug-likeness (QED) is 0.157. The van der Waals surface area contributed by atoms with Crippen LogP contribution in [-0.4, -0.2) is 42.2 Å². The molecule has 0 fully saturated rings. The molecule has 5 rings (SSSR count). The SMILES string of the molecule is O=C(NNCCc1ccccc1F)[C@@]1(Cc2ccccc2)N=C(c2ccc(OCCCO)cc2)O[C@H]1c1ccccc1. The van der Waals surface area contributed by atoms with Gasteiger partial charge in [0.05, 0.1) is 6.61 Å². The van der Waals surface area contributed by atoms with E-state index in [0.717, 1.165) is 11.1 Å². The Morgan fingerprint density at radius 2 is 1.62 bits per heavy atom. The Morgan fingerprint density at radius 1 is 0.929 bits per heavy atom. The predicted molar refractivity (Wildman–Crippen MR) is 160 cm³/mol. The van der Waals surface area contributed by atoms with E-state index in [1.807, 2.05) is 84.9 Å². The van der Waals surface area contributed by atoms with Crippen LogP contribution >= 0.6 is 0 Å². The lowest BCUT2D eigenvalue weighted by atomic mass is 9.82. The third-order valence-electron chi connectivity index (χ3n) is 7.13. The van der Waals surface area contributed by atoms with E-state index in [4.69, 9.17) is 19.6 Å². The molecule has 0 saturated carbocycles. The summed E-state index contributed by atoms with van der Waals surface area (Å²) in [6.45, 7) is 0.806. The summed E-state index contributed by atoms with van der Waals surface area (Å²) in [5, 5.41) is 9.02. The van der Waals surface area contributed by atoms with Crippen molar-refractivity contribution in [2.24, 2.45) is 4.99 Å². The van der Waals surface area contributed by atoms with Crippen LogP contribution < -0.4 is 15.6 Å². The molecular weight excluding hydrogens is 533 g/mol. The Kier molecular flexibility index (Phi) is 9.59. The number of aliphatic imine (C=N–C) groups is 1. The second kappa shape index (κ2) is 13.9. The van der Waals surface area contributed by atoms with Crippen LogP contribution in [0.5, 0.6) is 5.75 Å². The van der Waals surface area contributed by atoms with Gasteiger partial charge in [-0.15, -0.1) is 0 Å². The number of nitrogens with one attached hydrogen (secondary N) is 2. The van der Waals surface area contributed by atoms with Gasteiger partial charge in [0, 0.05) is 31.6 Å². The van der Waals surface area contributed by atoms with Gasteiger partial charge < -0.3 is 14.6 Å². The standard InChI is InChI=1S/C34H34FN3O4/c35-30-15-8-7-12-26(30)20-21-36-38-33(40)34(24-25-10-3-1-4-11-25)31(27-13-5-2-6-14-27)42-32(37-34)28-16-18-29(19-17-28)41-23-9-22-39/h1-8,10-19,31,36,39H,9,20-24H2,(H,38,40)/t31-,34-/m0/s1. The summed E-state index contributed by atoms with van der Waals surface area (Å²) in [6.07, 6.45) is 0.531. The van der Waals surface area contributed by atoms with Gasteiger partial charge in [0.1, 0.15) is 11.6 Å². The van der Waals surface area contributed by atoms with Crippen molar-refractivity contribution in [3.63, 3.8) is 0 Å². The maximum Gasteiger partial charge on any atom is 0.266 e. The predicted octanol–water partition coefficient (Wildman–Crippen LogP) is 4.95. The van der Waals surface area contributed by atoms with Gasteiger partial charge in [-0.25, -0.2) is 14.8 Å². The van der Waals surface area contributed by atoms with Crippen molar-refractivity contribution < 1.29 is 23.8 Å². The second-order valence-electron chi connectivity index (χ2n) is 10.1. The number of rotatable bonds is 13. The molecule has 216 valence electrons. The largest absolute Gasteiger partial charge is 0.494 e. The van der Waals surface area contributed by atoms with Crippen LogP contribution in [0.15, 0.2) is 114 Å². The molecule has 7 nitrogen and oxygen atoms in total. The molecule has 0 bridgehead atoms. The molecular formula is C34H34FN3O4. The number of ether oxygens (including phenoxy) is 2. The number of hydrogen-bond donors (Lipinski definition) is 3. The Bertz CT molecular complexity index is 1480. The van der Waals surface area contributed by atoms with E-state index in [0.29, 0.717) is 55.2 Å². The van der Waals surface area contributed by atoms with Crippen molar-refractivity contribution in [3.8, 4) is 5.75 Å². The van der Waals surface area contributed by atoms with Crippen LogP contribution in [0.1, 0.15) is 34.8 Å². The number of aliphatic hydroxyl groups excluding tert-OH is 1. The lowest BCUT2D eigenvalue weighted by Crippen LogP contribution is -2.54. The monoisotopic (exact) mass is 567 g/mol. The highest BCUT2D eigenvalue weighted by Crippen LogP contribution is 2.42. The highest BCUT2D eigenvalue weighted by Gasteiger charge is 2.53. The fourth-order valence-electron chi connectivity index (χ4n) is 4.97. The third-order valence-corrected chi connectivity index (χ3v) is 7.13. The Balaban J connectivity index is 1.44. The first-order valence-electron chi connectivity index (χ1n) is 14.1. The number of benzene rings is 4. The van der Waals surface area contributed by atoms with Gasteiger partial charge in [-0.3, -0.25) is 10.2 Å². The molecule has 0 saturated heterocycles. The van der Waals surface area contributed by atoms with Gasteiger partial charge in [-0.1, -0.05) is 78.9 Å². The molecule has 1 aliphatic heterocycles. The van der Waals surface area contributed by atoms with E-state index in [1.54, 1.807) is 18.2 Å². The van der Waals surface area contributed by atoms with E-state index in [9.17, 15) is 9.18 Å². The number of hydrogen-bond acceptors (Lipinski definition) is 6. The van der Waals surface area contributed by atoms with Crippen LogP contribution in [0.4, 0.5) is 4.39 Å². The molecule has 1 heterocycles. The van der Waals surface area contributed by atoms with Crippen molar-refractivity contribution in [3.05, 3.63) is 137 Å². The zero-order chi connectivity index (χ0) is 29.2. The van der Waals surface area contributed by atoms with Crippen molar-refractivity contribution in [1.29, 1.82) is 0 Å². The summed E-state index contributed by atoms with van der Waals surface area (Å²) in [4.78, 5) is 19.1. The molecule has 1 aliphatic rings. The zero-order valence-corrected chi connectivity index (χ0v) is 23.2. The molecule has 0 unspecified atom stereocenters. The van der Waals surface area contributed by atoms with Crippen molar-refractivity contribution in [2.45, 2.75) is 30.9 Å². The Labute approximate surface area is 245 Å². The number of nitrogens with zero attached hydrogens (tertiary/aromatic N) is 1. The molecule has 0 aromatic heterocycles. The minimum atomic E-state index is -1.33. The number of aliphatic hydroxyl groups is 1. The van der Waals surface area contributed by atoms with Crippen LogP contribution in [0.2, 0.25) is 0 Å². The van der Waals surface area contributed by atoms with E-state index in [-0.39, 0.29) is 18.3 Å². The van der Waals surface area contributed by atoms with E-state index >= 15 is 0 Å². The fraction of sp³-hybridized carbons (Fsp3) is 0.235. The topological polar surface area (TPSA) is 92.2 Å². The molecule has 42 heavy (non-hydrogen) atoms.